The minimum absolute atomic E-state index is 0.0941. The summed E-state index contributed by atoms with van der Waals surface area (Å²) in [5.41, 5.74) is -1.79. The molecule has 5 nitrogen and oxygen atoms in total. The van der Waals surface area contributed by atoms with Gasteiger partial charge in [0.05, 0.1) is 27.6 Å². The molecular formula is C15H28NO4+. The first kappa shape index (κ1) is 18.8. The van der Waals surface area contributed by atoms with Gasteiger partial charge in [0.25, 0.3) is 0 Å². The van der Waals surface area contributed by atoms with Crippen molar-refractivity contribution in [3.8, 4) is 0 Å². The molecule has 0 saturated carbocycles. The predicted molar refractivity (Wildman–Crippen MR) is 78.4 cm³/mol. The lowest BCUT2D eigenvalue weighted by Gasteiger charge is -2.33. The Morgan fingerprint density at radius 3 is 2.15 bits per heavy atom. The first-order valence-corrected chi connectivity index (χ1v) is 7.03. The fraction of sp³-hybridized carbons (Fsp3) is 0.733. The van der Waals surface area contributed by atoms with Gasteiger partial charge in [-0.1, -0.05) is 25.5 Å². The van der Waals surface area contributed by atoms with Crippen molar-refractivity contribution in [1.29, 1.82) is 0 Å². The average Bonchev–Trinajstić information content (AvgIpc) is 2.24. The Morgan fingerprint density at radius 1 is 1.15 bits per heavy atom. The topological polar surface area (TPSA) is 74.6 Å². The summed E-state index contributed by atoms with van der Waals surface area (Å²) in [6.07, 6.45) is 6.10. The van der Waals surface area contributed by atoms with Crippen LogP contribution in [0, 0.1) is 0 Å². The maximum atomic E-state index is 12.2. The fourth-order valence-electron chi connectivity index (χ4n) is 2.13. The van der Waals surface area contributed by atoms with E-state index in [2.05, 4.69) is 6.92 Å². The molecule has 0 aromatic carbocycles. The van der Waals surface area contributed by atoms with Crippen molar-refractivity contribution >= 4 is 11.8 Å². The van der Waals surface area contributed by atoms with Crippen molar-refractivity contribution < 1.29 is 24.3 Å². The van der Waals surface area contributed by atoms with Gasteiger partial charge in [-0.25, -0.2) is 0 Å². The van der Waals surface area contributed by atoms with Gasteiger partial charge >= 0.3 is 5.97 Å². The summed E-state index contributed by atoms with van der Waals surface area (Å²) in [6.45, 7) is 2.17. The van der Waals surface area contributed by atoms with E-state index in [-0.39, 0.29) is 13.0 Å². The van der Waals surface area contributed by atoms with E-state index in [1.807, 2.05) is 33.3 Å². The zero-order valence-electron chi connectivity index (χ0n) is 13.1. The molecule has 0 aromatic heterocycles. The van der Waals surface area contributed by atoms with Gasteiger partial charge in [0.2, 0.25) is 0 Å². The highest BCUT2D eigenvalue weighted by molar-refractivity contribution is 5.91. The van der Waals surface area contributed by atoms with Crippen LogP contribution in [0.15, 0.2) is 12.2 Å². The number of Topliss-reactive ketones (excluding diaryl/α,β-unsaturated/α-hetero) is 1. The molecule has 0 saturated heterocycles. The number of hydrogen-bond donors (Lipinski definition) is 2. The Bertz CT molecular complexity index is 357. The molecule has 0 aliphatic heterocycles. The van der Waals surface area contributed by atoms with E-state index in [1.54, 1.807) is 0 Å². The van der Waals surface area contributed by atoms with Crippen molar-refractivity contribution in [2.45, 2.75) is 44.6 Å². The molecule has 1 unspecified atom stereocenters. The SMILES string of the molecule is CCC/C=C/CCC(=O)C(O)(CC(=O)O)C[N+](C)(C)C. The zero-order valence-corrected chi connectivity index (χ0v) is 13.1. The lowest BCUT2D eigenvalue weighted by Crippen LogP contribution is -2.54. The Balaban J connectivity index is 4.68. The number of carbonyl (C=O) groups excluding carboxylic acids is 1. The maximum Gasteiger partial charge on any atom is 0.306 e. The van der Waals surface area contributed by atoms with Gasteiger partial charge in [0.15, 0.2) is 11.4 Å². The van der Waals surface area contributed by atoms with Crippen LogP contribution in [0.3, 0.4) is 0 Å². The average molecular weight is 286 g/mol. The number of ketones is 1. The third kappa shape index (κ3) is 8.07. The maximum absolute atomic E-state index is 12.2. The van der Waals surface area contributed by atoms with E-state index in [0.29, 0.717) is 10.9 Å². The van der Waals surface area contributed by atoms with Crippen LogP contribution in [0.2, 0.25) is 0 Å². The lowest BCUT2D eigenvalue weighted by molar-refractivity contribution is -0.875. The number of aliphatic hydroxyl groups is 1. The summed E-state index contributed by atoms with van der Waals surface area (Å²) in [5.74, 6) is -1.55. The number of aliphatic carboxylic acids is 1. The molecule has 0 amide bonds. The second-order valence-corrected chi connectivity index (χ2v) is 6.27. The van der Waals surface area contributed by atoms with Gasteiger partial charge in [-0.15, -0.1) is 0 Å². The summed E-state index contributed by atoms with van der Waals surface area (Å²) in [4.78, 5) is 23.0. The first-order valence-electron chi connectivity index (χ1n) is 7.03. The monoisotopic (exact) mass is 286 g/mol. The highest BCUT2D eigenvalue weighted by atomic mass is 16.4. The molecule has 0 heterocycles. The number of rotatable bonds is 10. The standard InChI is InChI=1S/C15H27NO4/c1-5-6-7-8-9-10-13(17)15(20,11-14(18)19)12-16(2,3)4/h7-8,20H,5-6,9-12H2,1-4H3/p+1/b8-7+. The summed E-state index contributed by atoms with van der Waals surface area (Å²) in [7, 11) is 5.46. The molecule has 20 heavy (non-hydrogen) atoms. The van der Waals surface area contributed by atoms with E-state index < -0.39 is 23.8 Å². The zero-order chi connectivity index (χ0) is 15.8. The van der Waals surface area contributed by atoms with Gasteiger partial charge in [0.1, 0.15) is 6.54 Å². The first-order chi connectivity index (χ1) is 9.10. The number of quaternary nitrogens is 1. The van der Waals surface area contributed by atoms with Crippen molar-refractivity contribution in [2.75, 3.05) is 27.7 Å². The molecular weight excluding hydrogens is 258 g/mol. The van der Waals surface area contributed by atoms with Crippen molar-refractivity contribution in [2.24, 2.45) is 0 Å². The number of carboxylic acids is 1. The molecule has 0 spiro atoms. The fourth-order valence-corrected chi connectivity index (χ4v) is 2.13. The molecule has 1 atom stereocenters. The summed E-state index contributed by atoms with van der Waals surface area (Å²) in [6, 6.07) is 0. The number of allylic oxidation sites excluding steroid dienone is 2. The largest absolute Gasteiger partial charge is 0.481 e. The molecule has 0 bridgehead atoms. The van der Waals surface area contributed by atoms with Crippen LogP contribution >= 0.6 is 0 Å². The number of carbonyl (C=O) groups is 2. The van der Waals surface area contributed by atoms with Crippen molar-refractivity contribution in [3.05, 3.63) is 12.2 Å². The lowest BCUT2D eigenvalue weighted by atomic mass is 9.90. The van der Waals surface area contributed by atoms with E-state index in [1.165, 1.54) is 0 Å². The van der Waals surface area contributed by atoms with Crippen LogP contribution < -0.4 is 0 Å². The van der Waals surface area contributed by atoms with E-state index >= 15 is 0 Å². The van der Waals surface area contributed by atoms with Gasteiger partial charge in [0, 0.05) is 6.42 Å². The molecule has 0 radical (unpaired) electrons. The van der Waals surface area contributed by atoms with Gasteiger partial charge in [-0.2, -0.15) is 0 Å². The number of hydrogen-bond acceptors (Lipinski definition) is 3. The van der Waals surface area contributed by atoms with Crippen LogP contribution in [0.5, 0.6) is 0 Å². The third-order valence-corrected chi connectivity index (χ3v) is 2.86. The second kappa shape index (κ2) is 8.17. The molecule has 116 valence electrons. The van der Waals surface area contributed by atoms with Gasteiger partial charge in [-0.05, 0) is 12.8 Å². The van der Waals surface area contributed by atoms with Gasteiger partial charge in [-0.3, -0.25) is 9.59 Å². The molecule has 0 aliphatic carbocycles. The Labute approximate surface area is 121 Å². The number of nitrogens with zero attached hydrogens (tertiary/aromatic N) is 1. The van der Waals surface area contributed by atoms with Crippen molar-refractivity contribution in [1.82, 2.24) is 0 Å². The van der Waals surface area contributed by atoms with Crippen LogP contribution in [0.4, 0.5) is 0 Å². The Morgan fingerprint density at radius 2 is 1.70 bits per heavy atom. The summed E-state index contributed by atoms with van der Waals surface area (Å²) < 4.78 is 0.335. The summed E-state index contributed by atoms with van der Waals surface area (Å²) >= 11 is 0. The minimum atomic E-state index is -1.79. The minimum Gasteiger partial charge on any atom is -0.481 e. The molecule has 2 N–H and O–H groups in total. The molecule has 5 heteroatoms. The quantitative estimate of drug-likeness (QED) is 0.472. The van der Waals surface area contributed by atoms with Crippen LogP contribution in [0.1, 0.15) is 39.0 Å². The Kier molecular flexibility index (Phi) is 7.68. The van der Waals surface area contributed by atoms with E-state index in [9.17, 15) is 14.7 Å². The molecule has 0 aliphatic rings. The predicted octanol–water partition coefficient (Wildman–Crippen LogP) is 1.60. The van der Waals surface area contributed by atoms with Crippen molar-refractivity contribution in [3.63, 3.8) is 0 Å². The number of unbranched alkanes of at least 4 members (excludes halogenated alkanes) is 1. The normalized spacial score (nSPS) is 15.2. The Hall–Kier alpha value is -1.20. The van der Waals surface area contributed by atoms with E-state index in [4.69, 9.17) is 5.11 Å². The smallest absolute Gasteiger partial charge is 0.306 e. The van der Waals surface area contributed by atoms with Crippen LogP contribution in [0.25, 0.3) is 0 Å². The highest BCUT2D eigenvalue weighted by Crippen LogP contribution is 2.19. The third-order valence-electron chi connectivity index (χ3n) is 2.86. The van der Waals surface area contributed by atoms with Gasteiger partial charge < -0.3 is 14.7 Å². The summed E-state index contributed by atoms with van der Waals surface area (Å²) in [5, 5.41) is 19.3. The number of carboxylic acid groups (broad SMARTS) is 1. The van der Waals surface area contributed by atoms with Crippen LogP contribution in [-0.4, -0.2) is 59.7 Å². The second-order valence-electron chi connectivity index (χ2n) is 6.27. The molecule has 0 fully saturated rings. The molecule has 0 rings (SSSR count). The number of likely N-dealkylation sites (N-methyl/N-ethyl adjacent to an activating group) is 1. The molecule has 0 aromatic rings. The van der Waals surface area contributed by atoms with E-state index in [0.717, 1.165) is 12.8 Å². The highest BCUT2D eigenvalue weighted by Gasteiger charge is 2.42. The van der Waals surface area contributed by atoms with Crippen LogP contribution in [-0.2, 0) is 9.59 Å².